The lowest BCUT2D eigenvalue weighted by molar-refractivity contribution is -0.136. The fourth-order valence-electron chi connectivity index (χ4n) is 3.46. The molecule has 174 valence electrons. The van der Waals surface area contributed by atoms with Crippen LogP contribution in [0.4, 0.5) is 4.79 Å². The fraction of sp³-hybridized carbons (Fsp3) is 0.346. The van der Waals surface area contributed by atoms with Gasteiger partial charge in [0.25, 0.3) is 0 Å². The molecule has 0 aliphatic heterocycles. The molecule has 0 aliphatic carbocycles. The van der Waals surface area contributed by atoms with Crippen molar-refractivity contribution in [1.82, 2.24) is 5.32 Å². The number of fused-ring (bicyclic) bond motifs is 1. The minimum absolute atomic E-state index is 0.267. The molecule has 1 aromatic heterocycles. The van der Waals surface area contributed by atoms with Gasteiger partial charge in [0.1, 0.15) is 23.0 Å². The van der Waals surface area contributed by atoms with E-state index >= 15 is 0 Å². The summed E-state index contributed by atoms with van der Waals surface area (Å²) in [6.45, 7) is 10.3. The molecular formula is C26H29NO6. The quantitative estimate of drug-likeness (QED) is 0.340. The number of ether oxygens (including phenoxy) is 2. The van der Waals surface area contributed by atoms with Gasteiger partial charge in [0, 0.05) is 12.0 Å². The van der Waals surface area contributed by atoms with Crippen molar-refractivity contribution in [3.8, 4) is 5.75 Å². The van der Waals surface area contributed by atoms with Crippen molar-refractivity contribution in [3.05, 3.63) is 75.1 Å². The molecular weight excluding hydrogens is 422 g/mol. The van der Waals surface area contributed by atoms with Gasteiger partial charge in [-0.25, -0.2) is 14.4 Å². The zero-order valence-corrected chi connectivity index (χ0v) is 19.8. The van der Waals surface area contributed by atoms with Crippen molar-refractivity contribution in [3.63, 3.8) is 0 Å². The van der Waals surface area contributed by atoms with E-state index in [4.69, 9.17) is 13.9 Å². The molecule has 3 rings (SSSR count). The number of nitrogens with one attached hydrogen (secondary N) is 1. The molecule has 7 heteroatoms. The van der Waals surface area contributed by atoms with Crippen LogP contribution in [0.25, 0.3) is 11.0 Å². The molecule has 0 saturated heterocycles. The molecule has 1 unspecified atom stereocenters. The van der Waals surface area contributed by atoms with Crippen LogP contribution < -0.4 is 15.7 Å². The number of rotatable bonds is 5. The second-order valence-corrected chi connectivity index (χ2v) is 9.08. The number of carbonyl (C=O) groups excluding carboxylic acids is 2. The van der Waals surface area contributed by atoms with Gasteiger partial charge in [0.2, 0.25) is 0 Å². The summed E-state index contributed by atoms with van der Waals surface area (Å²) >= 11 is 0. The Morgan fingerprint density at radius 1 is 1.09 bits per heavy atom. The van der Waals surface area contributed by atoms with Crippen molar-refractivity contribution in [2.45, 2.75) is 59.6 Å². The number of amides is 1. The maximum absolute atomic E-state index is 12.7. The minimum Gasteiger partial charge on any atom is -0.444 e. The van der Waals surface area contributed by atoms with E-state index in [2.05, 4.69) is 5.32 Å². The lowest BCUT2D eigenvalue weighted by Gasteiger charge is -2.21. The number of alkyl carbamates (subject to hydrolysis) is 1. The van der Waals surface area contributed by atoms with E-state index in [1.54, 1.807) is 32.9 Å². The standard InChI is InChI=1S/C26H29NO6/c1-15-12-20(31-23(28)17(3)27-25(30)33-26(4,5)6)22-16(2)19(24(29)32-21(22)13-15)14-18-10-8-7-9-11-18/h7-13,17H,14H2,1-6H3,(H,27,30). The highest BCUT2D eigenvalue weighted by Gasteiger charge is 2.24. The van der Waals surface area contributed by atoms with Gasteiger partial charge in [-0.2, -0.15) is 0 Å². The second-order valence-electron chi connectivity index (χ2n) is 9.08. The molecule has 1 heterocycles. The van der Waals surface area contributed by atoms with E-state index < -0.39 is 29.3 Å². The topological polar surface area (TPSA) is 94.8 Å². The average molecular weight is 452 g/mol. The molecule has 0 spiro atoms. The summed E-state index contributed by atoms with van der Waals surface area (Å²) in [5.74, 6) is -0.397. The van der Waals surface area contributed by atoms with Crippen molar-refractivity contribution in [2.24, 2.45) is 0 Å². The second kappa shape index (κ2) is 9.48. The van der Waals surface area contributed by atoms with Crippen LogP contribution in [0, 0.1) is 13.8 Å². The number of benzene rings is 2. The maximum atomic E-state index is 12.7. The Morgan fingerprint density at radius 3 is 2.39 bits per heavy atom. The molecule has 1 amide bonds. The maximum Gasteiger partial charge on any atom is 0.408 e. The number of carbonyl (C=O) groups is 2. The van der Waals surface area contributed by atoms with E-state index in [0.717, 1.165) is 11.1 Å². The molecule has 33 heavy (non-hydrogen) atoms. The van der Waals surface area contributed by atoms with Gasteiger partial charge >= 0.3 is 17.7 Å². The monoisotopic (exact) mass is 451 g/mol. The number of hydrogen-bond acceptors (Lipinski definition) is 6. The molecule has 0 radical (unpaired) electrons. The Kier molecular flexibility index (Phi) is 6.91. The van der Waals surface area contributed by atoms with E-state index in [1.165, 1.54) is 6.92 Å². The highest BCUT2D eigenvalue weighted by atomic mass is 16.6. The first-order chi connectivity index (χ1) is 15.4. The largest absolute Gasteiger partial charge is 0.444 e. The first-order valence-corrected chi connectivity index (χ1v) is 10.8. The highest BCUT2D eigenvalue weighted by Crippen LogP contribution is 2.32. The zero-order chi connectivity index (χ0) is 24.3. The Hall–Kier alpha value is -3.61. The Labute approximate surface area is 192 Å². The normalized spacial score (nSPS) is 12.3. The van der Waals surface area contributed by atoms with Crippen molar-refractivity contribution in [2.75, 3.05) is 0 Å². The Morgan fingerprint density at radius 2 is 1.76 bits per heavy atom. The van der Waals surface area contributed by atoms with Crippen molar-refractivity contribution < 1.29 is 23.5 Å². The summed E-state index contributed by atoms with van der Waals surface area (Å²) in [6.07, 6.45) is -0.323. The van der Waals surface area contributed by atoms with Gasteiger partial charge in [-0.05, 0) is 70.4 Å². The molecule has 1 N–H and O–H groups in total. The van der Waals surface area contributed by atoms with Crippen LogP contribution in [0.3, 0.4) is 0 Å². The Bertz CT molecular complexity index is 1240. The first-order valence-electron chi connectivity index (χ1n) is 10.8. The summed E-state index contributed by atoms with van der Waals surface area (Å²) in [5, 5.41) is 3.02. The van der Waals surface area contributed by atoms with Crippen LogP contribution in [-0.2, 0) is 16.0 Å². The summed E-state index contributed by atoms with van der Waals surface area (Å²) < 4.78 is 16.4. The summed E-state index contributed by atoms with van der Waals surface area (Å²) in [4.78, 5) is 37.5. The van der Waals surface area contributed by atoms with Crippen LogP contribution in [0.15, 0.2) is 51.7 Å². The third-order valence-electron chi connectivity index (χ3n) is 5.01. The predicted octanol–water partition coefficient (Wildman–Crippen LogP) is 4.82. The van der Waals surface area contributed by atoms with E-state index in [9.17, 15) is 14.4 Å². The van der Waals surface area contributed by atoms with Gasteiger partial charge < -0.3 is 19.2 Å². The summed E-state index contributed by atoms with van der Waals surface area (Å²) in [6, 6.07) is 12.1. The van der Waals surface area contributed by atoms with Gasteiger partial charge in [0.05, 0.1) is 5.39 Å². The van der Waals surface area contributed by atoms with Crippen molar-refractivity contribution in [1.29, 1.82) is 0 Å². The van der Waals surface area contributed by atoms with Gasteiger partial charge in [-0.15, -0.1) is 0 Å². The molecule has 1 atom stereocenters. The third kappa shape index (κ3) is 6.00. The Balaban J connectivity index is 1.94. The molecule has 0 fully saturated rings. The lowest BCUT2D eigenvalue weighted by Crippen LogP contribution is -2.43. The summed E-state index contributed by atoms with van der Waals surface area (Å²) in [7, 11) is 0. The van der Waals surface area contributed by atoms with Crippen LogP contribution in [0.2, 0.25) is 0 Å². The molecule has 7 nitrogen and oxygen atoms in total. The average Bonchev–Trinajstić information content (AvgIpc) is 2.69. The molecule has 0 aliphatic rings. The van der Waals surface area contributed by atoms with E-state index in [1.807, 2.05) is 44.2 Å². The van der Waals surface area contributed by atoms with Crippen LogP contribution in [0.1, 0.15) is 49.9 Å². The van der Waals surface area contributed by atoms with Crippen LogP contribution >= 0.6 is 0 Å². The molecule has 2 aromatic carbocycles. The number of hydrogen-bond donors (Lipinski definition) is 1. The number of aryl methyl sites for hydroxylation is 2. The lowest BCUT2D eigenvalue weighted by atomic mass is 9.98. The van der Waals surface area contributed by atoms with Gasteiger partial charge in [0.15, 0.2) is 0 Å². The van der Waals surface area contributed by atoms with Gasteiger partial charge in [-0.3, -0.25) is 0 Å². The van der Waals surface area contributed by atoms with E-state index in [-0.39, 0.29) is 5.75 Å². The highest BCUT2D eigenvalue weighted by molar-refractivity contribution is 5.92. The first kappa shape index (κ1) is 24.0. The SMILES string of the molecule is Cc1cc(OC(=O)C(C)NC(=O)OC(C)(C)C)c2c(C)c(Cc3ccccc3)c(=O)oc2c1. The van der Waals surface area contributed by atoms with Crippen LogP contribution in [0.5, 0.6) is 5.75 Å². The predicted molar refractivity (Wildman–Crippen MR) is 126 cm³/mol. The van der Waals surface area contributed by atoms with Gasteiger partial charge in [-0.1, -0.05) is 30.3 Å². The fourth-order valence-corrected chi connectivity index (χ4v) is 3.46. The molecule has 0 saturated carbocycles. The minimum atomic E-state index is -0.949. The third-order valence-corrected chi connectivity index (χ3v) is 5.01. The van der Waals surface area contributed by atoms with Crippen LogP contribution in [-0.4, -0.2) is 23.7 Å². The number of esters is 1. The smallest absolute Gasteiger partial charge is 0.408 e. The zero-order valence-electron chi connectivity index (χ0n) is 19.8. The van der Waals surface area contributed by atoms with E-state index in [0.29, 0.717) is 28.5 Å². The molecule has 0 bridgehead atoms. The van der Waals surface area contributed by atoms with Crippen molar-refractivity contribution >= 4 is 23.0 Å². The molecule has 3 aromatic rings. The summed E-state index contributed by atoms with van der Waals surface area (Å²) in [5.41, 5.74) is 2.13.